The number of methoxy groups -OCH3 is 1. The molecule has 1 aliphatic rings. The second kappa shape index (κ2) is 6.40. The molecule has 0 unspecified atom stereocenters. The highest BCUT2D eigenvalue weighted by molar-refractivity contribution is 7.92. The van der Waals surface area contributed by atoms with Gasteiger partial charge in [-0.05, 0) is 49.2 Å². The van der Waals surface area contributed by atoms with Gasteiger partial charge in [0, 0.05) is 18.7 Å². The van der Waals surface area contributed by atoms with Crippen molar-refractivity contribution >= 4 is 27.3 Å². The van der Waals surface area contributed by atoms with Crippen LogP contribution < -0.4 is 14.4 Å². The van der Waals surface area contributed by atoms with E-state index in [9.17, 15) is 13.2 Å². The zero-order valence-corrected chi connectivity index (χ0v) is 15.1. The van der Waals surface area contributed by atoms with E-state index in [1.807, 2.05) is 6.92 Å². The molecule has 1 aliphatic heterocycles. The van der Waals surface area contributed by atoms with Gasteiger partial charge in [0.25, 0.3) is 10.0 Å². The van der Waals surface area contributed by atoms with Crippen molar-refractivity contribution in [1.29, 1.82) is 0 Å². The molecular formula is C18H20N2O4S. The fourth-order valence-corrected chi connectivity index (χ4v) is 4.31. The highest BCUT2D eigenvalue weighted by Gasteiger charge is 2.30. The third kappa shape index (κ3) is 3.19. The largest absolute Gasteiger partial charge is 0.495 e. The number of ether oxygens (including phenoxy) is 1. The molecule has 0 saturated carbocycles. The van der Waals surface area contributed by atoms with Gasteiger partial charge in [-0.1, -0.05) is 12.1 Å². The number of anilines is 2. The maximum atomic E-state index is 12.7. The second-order valence-corrected chi connectivity index (χ2v) is 7.72. The van der Waals surface area contributed by atoms with Crippen LogP contribution in [0.3, 0.4) is 0 Å². The molecule has 0 bridgehead atoms. The van der Waals surface area contributed by atoms with Gasteiger partial charge in [-0.25, -0.2) is 8.42 Å². The van der Waals surface area contributed by atoms with Gasteiger partial charge < -0.3 is 9.64 Å². The average molecular weight is 360 g/mol. The number of nitrogens with zero attached hydrogens (tertiary/aromatic N) is 1. The average Bonchev–Trinajstić information content (AvgIpc) is 2.90. The first-order valence-corrected chi connectivity index (χ1v) is 9.40. The zero-order chi connectivity index (χ0) is 18.2. The number of hydrogen-bond donors (Lipinski definition) is 1. The van der Waals surface area contributed by atoms with Crippen LogP contribution in [-0.2, 0) is 21.2 Å². The highest BCUT2D eigenvalue weighted by Crippen LogP contribution is 2.34. The normalized spacial score (nSPS) is 16.4. The first-order chi connectivity index (χ1) is 11.8. The third-order valence-electron chi connectivity index (χ3n) is 4.27. The maximum Gasteiger partial charge on any atom is 0.262 e. The van der Waals surface area contributed by atoms with Gasteiger partial charge in [-0.15, -0.1) is 0 Å². The number of para-hydroxylation sites is 2. The molecule has 1 N–H and O–H groups in total. The smallest absolute Gasteiger partial charge is 0.262 e. The number of carbonyl (C=O) groups is 1. The van der Waals surface area contributed by atoms with Crippen LogP contribution >= 0.6 is 0 Å². The Morgan fingerprint density at radius 3 is 2.64 bits per heavy atom. The molecule has 0 aliphatic carbocycles. The van der Waals surface area contributed by atoms with Gasteiger partial charge in [-0.2, -0.15) is 0 Å². The standard InChI is InChI=1S/C18H20N2O4S/c1-12-10-14-11-15(8-9-17(14)20(12)13(2)21)25(22,23)19-16-6-4-5-7-18(16)24-3/h4-9,11-12,19H,10H2,1-3H3/t12-/m1/s1. The highest BCUT2D eigenvalue weighted by atomic mass is 32.2. The number of sulfonamides is 1. The van der Waals surface area contributed by atoms with Gasteiger partial charge in [0.2, 0.25) is 5.91 Å². The molecular weight excluding hydrogens is 340 g/mol. The Balaban J connectivity index is 1.95. The summed E-state index contributed by atoms with van der Waals surface area (Å²) in [5.41, 5.74) is 2.01. The summed E-state index contributed by atoms with van der Waals surface area (Å²) in [6.45, 7) is 3.46. The lowest BCUT2D eigenvalue weighted by Crippen LogP contribution is -2.33. The number of nitrogens with one attached hydrogen (secondary N) is 1. The number of hydrogen-bond acceptors (Lipinski definition) is 4. The van der Waals surface area contributed by atoms with Crippen LogP contribution in [0.1, 0.15) is 19.4 Å². The number of fused-ring (bicyclic) bond motifs is 1. The van der Waals surface area contributed by atoms with Crippen LogP contribution in [0.15, 0.2) is 47.4 Å². The van der Waals surface area contributed by atoms with Gasteiger partial charge >= 0.3 is 0 Å². The predicted octanol–water partition coefficient (Wildman–Crippen LogP) is 2.79. The maximum absolute atomic E-state index is 12.7. The van der Waals surface area contributed by atoms with E-state index in [-0.39, 0.29) is 16.8 Å². The molecule has 0 aromatic heterocycles. The molecule has 3 rings (SSSR count). The molecule has 25 heavy (non-hydrogen) atoms. The third-order valence-corrected chi connectivity index (χ3v) is 5.63. The van der Waals surface area contributed by atoms with E-state index < -0.39 is 10.0 Å². The molecule has 0 fully saturated rings. The summed E-state index contributed by atoms with van der Waals surface area (Å²) in [7, 11) is -2.27. The van der Waals surface area contributed by atoms with Gasteiger partial charge in [0.15, 0.2) is 0 Å². The fourth-order valence-electron chi connectivity index (χ4n) is 3.19. The number of rotatable bonds is 4. The molecule has 1 amide bonds. The Hall–Kier alpha value is -2.54. The summed E-state index contributed by atoms with van der Waals surface area (Å²) < 4.78 is 33.2. The van der Waals surface area contributed by atoms with Crippen LogP contribution in [0.25, 0.3) is 0 Å². The van der Waals surface area contributed by atoms with Crippen molar-refractivity contribution in [1.82, 2.24) is 0 Å². The summed E-state index contributed by atoms with van der Waals surface area (Å²) in [6.07, 6.45) is 0.632. The van der Waals surface area contributed by atoms with E-state index >= 15 is 0 Å². The molecule has 132 valence electrons. The minimum absolute atomic E-state index is 0.0210. The minimum atomic E-state index is -3.76. The Kier molecular flexibility index (Phi) is 4.43. The molecule has 0 radical (unpaired) electrons. The summed E-state index contributed by atoms with van der Waals surface area (Å²) in [5, 5.41) is 0. The Morgan fingerprint density at radius 2 is 1.96 bits per heavy atom. The molecule has 0 saturated heterocycles. The first kappa shape index (κ1) is 17.3. The van der Waals surface area contributed by atoms with Crippen molar-refractivity contribution in [2.24, 2.45) is 0 Å². The number of amides is 1. The molecule has 1 heterocycles. The summed E-state index contributed by atoms with van der Waals surface area (Å²) in [4.78, 5) is 13.6. The van der Waals surface area contributed by atoms with E-state index in [2.05, 4.69) is 4.72 Å². The molecule has 0 spiro atoms. The molecule has 2 aromatic carbocycles. The van der Waals surface area contributed by atoms with E-state index in [0.29, 0.717) is 17.9 Å². The molecule has 2 aromatic rings. The van der Waals surface area contributed by atoms with Gasteiger partial charge in [-0.3, -0.25) is 9.52 Å². The quantitative estimate of drug-likeness (QED) is 0.910. The van der Waals surface area contributed by atoms with E-state index in [1.54, 1.807) is 41.3 Å². The van der Waals surface area contributed by atoms with E-state index in [4.69, 9.17) is 4.74 Å². The van der Waals surface area contributed by atoms with Crippen LogP contribution in [-0.4, -0.2) is 27.5 Å². The molecule has 1 atom stereocenters. The SMILES string of the molecule is COc1ccccc1NS(=O)(=O)c1ccc2c(c1)C[C@@H](C)N2C(C)=O. The minimum Gasteiger partial charge on any atom is -0.495 e. The lowest BCUT2D eigenvalue weighted by molar-refractivity contribution is -0.116. The predicted molar refractivity (Wildman–Crippen MR) is 96.6 cm³/mol. The van der Waals surface area contributed by atoms with E-state index in [0.717, 1.165) is 11.3 Å². The van der Waals surface area contributed by atoms with E-state index in [1.165, 1.54) is 20.1 Å². The van der Waals surface area contributed by atoms with Crippen molar-refractivity contribution in [2.45, 2.75) is 31.2 Å². The number of benzene rings is 2. The summed E-state index contributed by atoms with van der Waals surface area (Å²) in [6, 6.07) is 11.7. The van der Waals surface area contributed by atoms with Crippen LogP contribution in [0.2, 0.25) is 0 Å². The summed E-state index contributed by atoms with van der Waals surface area (Å²) in [5.74, 6) is 0.401. The summed E-state index contributed by atoms with van der Waals surface area (Å²) >= 11 is 0. The van der Waals surface area contributed by atoms with Crippen molar-refractivity contribution in [2.75, 3.05) is 16.7 Å². The lowest BCUT2D eigenvalue weighted by atomic mass is 10.1. The Morgan fingerprint density at radius 1 is 1.24 bits per heavy atom. The van der Waals surface area contributed by atoms with Crippen molar-refractivity contribution in [3.8, 4) is 5.75 Å². The lowest BCUT2D eigenvalue weighted by Gasteiger charge is -2.20. The van der Waals surface area contributed by atoms with Gasteiger partial charge in [0.1, 0.15) is 5.75 Å². The fraction of sp³-hybridized carbons (Fsp3) is 0.278. The molecule has 6 nitrogen and oxygen atoms in total. The first-order valence-electron chi connectivity index (χ1n) is 7.92. The van der Waals surface area contributed by atoms with Crippen LogP contribution in [0.5, 0.6) is 5.75 Å². The second-order valence-electron chi connectivity index (χ2n) is 6.04. The van der Waals surface area contributed by atoms with Crippen molar-refractivity contribution in [3.05, 3.63) is 48.0 Å². The van der Waals surface area contributed by atoms with Crippen molar-refractivity contribution in [3.63, 3.8) is 0 Å². The number of carbonyl (C=O) groups excluding carboxylic acids is 1. The van der Waals surface area contributed by atoms with Crippen LogP contribution in [0, 0.1) is 0 Å². The monoisotopic (exact) mass is 360 g/mol. The van der Waals surface area contributed by atoms with Gasteiger partial charge in [0.05, 0.1) is 17.7 Å². The topological polar surface area (TPSA) is 75.7 Å². The zero-order valence-electron chi connectivity index (χ0n) is 14.3. The van der Waals surface area contributed by atoms with Crippen LogP contribution in [0.4, 0.5) is 11.4 Å². The Bertz CT molecular complexity index is 924. The van der Waals surface area contributed by atoms with Crippen molar-refractivity contribution < 1.29 is 17.9 Å². The molecule has 7 heteroatoms. The Labute approximate surface area is 147 Å².